The van der Waals surface area contributed by atoms with E-state index in [1.807, 2.05) is 31.2 Å². The number of benzene rings is 1. The van der Waals surface area contributed by atoms with Gasteiger partial charge in [0.1, 0.15) is 5.75 Å². The van der Waals surface area contributed by atoms with Gasteiger partial charge in [0, 0.05) is 18.7 Å². The number of nitrogens with zero attached hydrogens (tertiary/aromatic N) is 3. The highest BCUT2D eigenvalue weighted by Gasteiger charge is 2.22. The number of amides is 1. The summed E-state index contributed by atoms with van der Waals surface area (Å²) in [5, 5.41) is 12.4. The summed E-state index contributed by atoms with van der Waals surface area (Å²) in [5.41, 5.74) is 0.962. The molecular formula is C19H26N4O3S. The number of thioether (sulfide) groups is 1. The van der Waals surface area contributed by atoms with Crippen LogP contribution >= 0.6 is 11.8 Å². The van der Waals surface area contributed by atoms with Gasteiger partial charge < -0.3 is 14.8 Å². The molecule has 1 aromatic carbocycles. The predicted octanol–water partition coefficient (Wildman–Crippen LogP) is 2.75. The summed E-state index contributed by atoms with van der Waals surface area (Å²) in [6, 6.07) is 7.76. The molecule has 1 amide bonds. The van der Waals surface area contributed by atoms with Crippen LogP contribution in [0.2, 0.25) is 0 Å². The number of ether oxygens (including phenoxy) is 2. The number of nitrogens with one attached hydrogen (secondary N) is 1. The first-order valence-electron chi connectivity index (χ1n) is 9.30. The van der Waals surface area contributed by atoms with Crippen molar-refractivity contribution in [2.45, 2.75) is 44.0 Å². The Hall–Kier alpha value is -2.06. The summed E-state index contributed by atoms with van der Waals surface area (Å²) in [7, 11) is 1.65. The Labute approximate surface area is 163 Å². The molecule has 1 N–H and O–H groups in total. The van der Waals surface area contributed by atoms with Crippen LogP contribution in [0.3, 0.4) is 0 Å². The van der Waals surface area contributed by atoms with E-state index in [2.05, 4.69) is 20.1 Å². The SMILES string of the molecule is CCCNC(=O)CSc1nnc(-c2ccc(OC)cc2)n1C[C@@H]1CCCO1. The third-order valence-electron chi connectivity index (χ3n) is 4.38. The van der Waals surface area contributed by atoms with Gasteiger partial charge in [0.15, 0.2) is 11.0 Å². The second kappa shape index (κ2) is 9.75. The summed E-state index contributed by atoms with van der Waals surface area (Å²) in [4.78, 5) is 12.0. The van der Waals surface area contributed by atoms with Crippen molar-refractivity contribution in [3.63, 3.8) is 0 Å². The Morgan fingerprint density at radius 1 is 1.37 bits per heavy atom. The topological polar surface area (TPSA) is 78.3 Å². The van der Waals surface area contributed by atoms with Gasteiger partial charge in [-0.15, -0.1) is 10.2 Å². The molecule has 27 heavy (non-hydrogen) atoms. The van der Waals surface area contributed by atoms with Crippen LogP contribution in [0.4, 0.5) is 0 Å². The van der Waals surface area contributed by atoms with Crippen molar-refractivity contribution in [1.82, 2.24) is 20.1 Å². The van der Waals surface area contributed by atoms with Crippen molar-refractivity contribution >= 4 is 17.7 Å². The fourth-order valence-electron chi connectivity index (χ4n) is 2.95. The van der Waals surface area contributed by atoms with Crippen molar-refractivity contribution in [3.05, 3.63) is 24.3 Å². The maximum absolute atomic E-state index is 12.0. The highest BCUT2D eigenvalue weighted by Crippen LogP contribution is 2.27. The first-order chi connectivity index (χ1) is 13.2. The number of hydrogen-bond acceptors (Lipinski definition) is 6. The minimum Gasteiger partial charge on any atom is -0.497 e. The molecule has 7 nitrogen and oxygen atoms in total. The first-order valence-corrected chi connectivity index (χ1v) is 10.3. The monoisotopic (exact) mass is 390 g/mol. The maximum atomic E-state index is 12.0. The molecule has 3 rings (SSSR count). The predicted molar refractivity (Wildman–Crippen MR) is 105 cm³/mol. The Kier molecular flexibility index (Phi) is 7.11. The lowest BCUT2D eigenvalue weighted by Crippen LogP contribution is -2.26. The quantitative estimate of drug-likeness (QED) is 0.664. The van der Waals surface area contributed by atoms with Crippen molar-refractivity contribution in [2.75, 3.05) is 26.0 Å². The van der Waals surface area contributed by atoms with Crippen LogP contribution in [0.1, 0.15) is 26.2 Å². The van der Waals surface area contributed by atoms with E-state index in [-0.39, 0.29) is 12.0 Å². The third kappa shape index (κ3) is 5.23. The zero-order valence-corrected chi connectivity index (χ0v) is 16.6. The normalized spacial score (nSPS) is 16.4. The van der Waals surface area contributed by atoms with Gasteiger partial charge in [-0.1, -0.05) is 18.7 Å². The molecule has 0 radical (unpaired) electrons. The minimum atomic E-state index is 0.0134. The smallest absolute Gasteiger partial charge is 0.230 e. The lowest BCUT2D eigenvalue weighted by atomic mass is 10.2. The largest absolute Gasteiger partial charge is 0.497 e. The molecule has 8 heteroatoms. The molecule has 0 unspecified atom stereocenters. The lowest BCUT2D eigenvalue weighted by Gasteiger charge is -2.15. The van der Waals surface area contributed by atoms with E-state index in [9.17, 15) is 4.79 Å². The van der Waals surface area contributed by atoms with Gasteiger partial charge in [-0.25, -0.2) is 0 Å². The first kappa shape index (κ1) is 19.7. The second-order valence-electron chi connectivity index (χ2n) is 6.42. The van der Waals surface area contributed by atoms with Crippen LogP contribution in [-0.2, 0) is 16.1 Å². The Morgan fingerprint density at radius 2 is 2.19 bits per heavy atom. The van der Waals surface area contributed by atoms with Crippen LogP contribution < -0.4 is 10.1 Å². The van der Waals surface area contributed by atoms with E-state index >= 15 is 0 Å². The van der Waals surface area contributed by atoms with Crippen LogP contribution in [0.25, 0.3) is 11.4 Å². The van der Waals surface area contributed by atoms with E-state index in [0.29, 0.717) is 18.8 Å². The number of methoxy groups -OCH3 is 1. The highest BCUT2D eigenvalue weighted by atomic mass is 32.2. The second-order valence-corrected chi connectivity index (χ2v) is 7.36. The number of aromatic nitrogens is 3. The van der Waals surface area contributed by atoms with E-state index in [0.717, 1.165) is 48.2 Å². The van der Waals surface area contributed by atoms with Crippen LogP contribution in [0, 0.1) is 0 Å². The van der Waals surface area contributed by atoms with E-state index < -0.39 is 0 Å². The average Bonchev–Trinajstić information content (AvgIpc) is 3.35. The Bertz CT molecular complexity index is 742. The fraction of sp³-hybridized carbons (Fsp3) is 0.526. The zero-order chi connectivity index (χ0) is 19.1. The van der Waals surface area contributed by atoms with Gasteiger partial charge in [0.2, 0.25) is 5.91 Å². The fourth-order valence-corrected chi connectivity index (χ4v) is 3.73. The van der Waals surface area contributed by atoms with E-state index in [4.69, 9.17) is 9.47 Å². The van der Waals surface area contributed by atoms with Crippen molar-refractivity contribution in [1.29, 1.82) is 0 Å². The molecule has 0 aliphatic carbocycles. The molecule has 1 atom stereocenters. The third-order valence-corrected chi connectivity index (χ3v) is 5.35. The summed E-state index contributed by atoms with van der Waals surface area (Å²) in [6.45, 7) is 4.21. The van der Waals surface area contributed by atoms with Crippen molar-refractivity contribution in [2.24, 2.45) is 0 Å². The standard InChI is InChI=1S/C19H26N4O3S/c1-3-10-20-17(24)13-27-19-22-21-18(14-6-8-15(25-2)9-7-14)23(19)12-16-5-4-11-26-16/h6-9,16H,3-5,10-13H2,1-2H3,(H,20,24)/t16-/m0/s1. The molecule has 146 valence electrons. The number of rotatable bonds is 9. The Morgan fingerprint density at radius 3 is 2.85 bits per heavy atom. The molecule has 2 aromatic rings. The zero-order valence-electron chi connectivity index (χ0n) is 15.8. The van der Waals surface area contributed by atoms with Crippen LogP contribution in [0.15, 0.2) is 29.4 Å². The van der Waals surface area contributed by atoms with Gasteiger partial charge in [-0.2, -0.15) is 0 Å². The molecule has 1 aromatic heterocycles. The van der Waals surface area contributed by atoms with E-state index in [1.165, 1.54) is 11.8 Å². The average molecular weight is 391 g/mol. The summed E-state index contributed by atoms with van der Waals surface area (Å²) in [5.74, 6) is 1.92. The van der Waals surface area contributed by atoms with Crippen molar-refractivity contribution in [3.8, 4) is 17.1 Å². The Balaban J connectivity index is 1.79. The summed E-state index contributed by atoms with van der Waals surface area (Å²) in [6.07, 6.45) is 3.19. The van der Waals surface area contributed by atoms with Gasteiger partial charge >= 0.3 is 0 Å². The number of carbonyl (C=O) groups is 1. The molecular weight excluding hydrogens is 364 g/mol. The molecule has 0 bridgehead atoms. The molecule has 1 saturated heterocycles. The molecule has 0 spiro atoms. The summed E-state index contributed by atoms with van der Waals surface area (Å²) < 4.78 is 13.1. The van der Waals surface area contributed by atoms with Gasteiger partial charge in [-0.3, -0.25) is 9.36 Å². The van der Waals surface area contributed by atoms with E-state index in [1.54, 1.807) is 7.11 Å². The van der Waals surface area contributed by atoms with Crippen LogP contribution in [-0.4, -0.2) is 52.8 Å². The molecule has 1 aliphatic rings. The lowest BCUT2D eigenvalue weighted by molar-refractivity contribution is -0.118. The summed E-state index contributed by atoms with van der Waals surface area (Å²) >= 11 is 1.41. The van der Waals surface area contributed by atoms with Gasteiger partial charge in [-0.05, 0) is 43.5 Å². The van der Waals surface area contributed by atoms with Gasteiger partial charge in [0.05, 0.1) is 25.5 Å². The molecule has 1 aliphatic heterocycles. The van der Waals surface area contributed by atoms with Crippen molar-refractivity contribution < 1.29 is 14.3 Å². The number of carbonyl (C=O) groups excluding carboxylic acids is 1. The number of hydrogen-bond donors (Lipinski definition) is 1. The molecule has 0 saturated carbocycles. The van der Waals surface area contributed by atoms with Crippen LogP contribution in [0.5, 0.6) is 5.75 Å². The molecule has 1 fully saturated rings. The van der Waals surface area contributed by atoms with Gasteiger partial charge in [0.25, 0.3) is 0 Å². The maximum Gasteiger partial charge on any atom is 0.230 e. The minimum absolute atomic E-state index is 0.0134. The highest BCUT2D eigenvalue weighted by molar-refractivity contribution is 7.99. The molecule has 2 heterocycles.